The van der Waals surface area contributed by atoms with Crippen LogP contribution in [-0.2, 0) is 0 Å². The largest absolute Gasteiger partial charge is 0.507 e. The zero-order valence-electron chi connectivity index (χ0n) is 11.4. The first-order chi connectivity index (χ1) is 10.8. The molecule has 0 radical (unpaired) electrons. The molecule has 2 aromatic rings. The van der Waals surface area contributed by atoms with Crippen LogP contribution in [0.1, 0.15) is 22.0 Å². The van der Waals surface area contributed by atoms with Gasteiger partial charge in [0, 0.05) is 17.7 Å². The zero-order valence-corrected chi connectivity index (χ0v) is 11.4. The van der Waals surface area contributed by atoms with Gasteiger partial charge in [0.05, 0.1) is 0 Å². The summed E-state index contributed by atoms with van der Waals surface area (Å²) in [5.74, 6) is -4.84. The quantitative estimate of drug-likeness (QED) is 0.501. The Morgan fingerprint density at radius 3 is 2.17 bits per heavy atom. The molecule has 0 amide bonds. The van der Waals surface area contributed by atoms with Crippen LogP contribution in [0.25, 0.3) is 0 Å². The maximum absolute atomic E-state index is 13.4. The third-order valence-electron chi connectivity index (χ3n) is 3.52. The minimum absolute atomic E-state index is 0.0203. The van der Waals surface area contributed by atoms with Crippen LogP contribution in [0.15, 0.2) is 24.3 Å². The molecule has 0 saturated heterocycles. The number of ether oxygens (including phenoxy) is 1. The highest BCUT2D eigenvalue weighted by Gasteiger charge is 2.39. The van der Waals surface area contributed by atoms with Crippen LogP contribution in [0, 0.1) is 5.82 Å². The first-order valence-electron chi connectivity index (χ1n) is 6.46. The second-order valence-electron chi connectivity index (χ2n) is 5.05. The van der Waals surface area contributed by atoms with Crippen molar-refractivity contribution in [2.45, 2.75) is 12.2 Å². The van der Waals surface area contributed by atoms with Gasteiger partial charge in [0.2, 0.25) is 5.78 Å². The Hall–Kier alpha value is -3.00. The van der Waals surface area contributed by atoms with Gasteiger partial charge >= 0.3 is 0 Å². The van der Waals surface area contributed by atoms with Crippen LogP contribution < -0.4 is 4.74 Å². The SMILES string of the molecule is O=C1c2c(O)cc(F)cc2OC(c2cc(O)c(O)c(O)c2)C1O. The molecule has 1 heterocycles. The molecule has 2 unspecified atom stereocenters. The fourth-order valence-electron chi connectivity index (χ4n) is 2.44. The Morgan fingerprint density at radius 1 is 0.957 bits per heavy atom. The summed E-state index contributed by atoms with van der Waals surface area (Å²) in [6.07, 6.45) is -3.13. The zero-order chi connectivity index (χ0) is 16.9. The molecule has 0 bridgehead atoms. The molecule has 1 aliphatic rings. The molecule has 0 aromatic heterocycles. The number of phenolic OH excluding ortho intramolecular Hbond substituents is 4. The van der Waals surface area contributed by atoms with Gasteiger partial charge in [-0.1, -0.05) is 0 Å². The maximum Gasteiger partial charge on any atom is 0.202 e. The Bertz CT molecular complexity index is 795. The van der Waals surface area contributed by atoms with E-state index < -0.39 is 46.8 Å². The van der Waals surface area contributed by atoms with Crippen molar-refractivity contribution in [2.24, 2.45) is 0 Å². The standard InChI is InChI=1S/C15H11FO7/c16-6-3-7(17)11-10(4-6)23-15(14(22)13(11)21)5-1-8(18)12(20)9(19)2-5/h1-4,14-15,17-20,22H. The average Bonchev–Trinajstić information content (AvgIpc) is 2.47. The summed E-state index contributed by atoms with van der Waals surface area (Å²) in [7, 11) is 0. The molecule has 2 aromatic carbocycles. The van der Waals surface area contributed by atoms with E-state index in [0.717, 1.165) is 18.2 Å². The van der Waals surface area contributed by atoms with Gasteiger partial charge in [0.1, 0.15) is 22.9 Å². The molecule has 2 atom stereocenters. The number of phenols is 4. The number of aliphatic hydroxyl groups is 1. The van der Waals surface area contributed by atoms with Crippen molar-refractivity contribution in [1.29, 1.82) is 0 Å². The van der Waals surface area contributed by atoms with Crippen LogP contribution in [0.5, 0.6) is 28.7 Å². The highest BCUT2D eigenvalue weighted by Crippen LogP contribution is 2.43. The number of ketones is 1. The van der Waals surface area contributed by atoms with E-state index in [1.54, 1.807) is 0 Å². The predicted molar refractivity (Wildman–Crippen MR) is 73.2 cm³/mol. The van der Waals surface area contributed by atoms with Crippen molar-refractivity contribution >= 4 is 5.78 Å². The van der Waals surface area contributed by atoms with E-state index >= 15 is 0 Å². The Labute approximate surface area is 128 Å². The summed E-state index contributed by atoms with van der Waals surface area (Å²) in [6, 6.07) is 3.55. The number of hydrogen-bond donors (Lipinski definition) is 5. The number of hydrogen-bond acceptors (Lipinski definition) is 7. The molecule has 0 aliphatic carbocycles. The first kappa shape index (κ1) is 14.9. The lowest BCUT2D eigenvalue weighted by Gasteiger charge is -2.30. The highest BCUT2D eigenvalue weighted by molar-refractivity contribution is 6.05. The van der Waals surface area contributed by atoms with Gasteiger partial charge < -0.3 is 30.3 Å². The minimum atomic E-state index is -1.76. The topological polar surface area (TPSA) is 127 Å². The second-order valence-corrected chi connectivity index (χ2v) is 5.05. The minimum Gasteiger partial charge on any atom is -0.507 e. The van der Waals surface area contributed by atoms with Crippen LogP contribution in [0.4, 0.5) is 4.39 Å². The molecule has 7 nitrogen and oxygen atoms in total. The van der Waals surface area contributed by atoms with Crippen molar-refractivity contribution in [2.75, 3.05) is 0 Å². The molecular formula is C15H11FO7. The van der Waals surface area contributed by atoms with Crippen molar-refractivity contribution in [3.63, 3.8) is 0 Å². The van der Waals surface area contributed by atoms with Gasteiger partial charge in [-0.2, -0.15) is 0 Å². The fraction of sp³-hybridized carbons (Fsp3) is 0.133. The average molecular weight is 322 g/mol. The van der Waals surface area contributed by atoms with E-state index in [0.29, 0.717) is 6.07 Å². The molecule has 0 fully saturated rings. The summed E-state index contributed by atoms with van der Waals surface area (Å²) in [5.41, 5.74) is -0.379. The monoisotopic (exact) mass is 322 g/mol. The van der Waals surface area contributed by atoms with Gasteiger partial charge in [0.25, 0.3) is 0 Å². The number of benzene rings is 2. The number of fused-ring (bicyclic) bond motifs is 1. The normalized spacial score (nSPS) is 20.0. The maximum atomic E-state index is 13.4. The number of carbonyl (C=O) groups is 1. The lowest BCUT2D eigenvalue weighted by Crippen LogP contribution is -2.36. The molecule has 3 rings (SSSR count). The van der Waals surface area contributed by atoms with E-state index in [-0.39, 0.29) is 16.9 Å². The third-order valence-corrected chi connectivity index (χ3v) is 3.52. The Morgan fingerprint density at radius 2 is 1.57 bits per heavy atom. The van der Waals surface area contributed by atoms with Gasteiger partial charge in [-0.3, -0.25) is 4.79 Å². The number of rotatable bonds is 1. The number of halogens is 1. The smallest absolute Gasteiger partial charge is 0.202 e. The number of carbonyl (C=O) groups excluding carboxylic acids is 1. The molecule has 5 N–H and O–H groups in total. The van der Waals surface area contributed by atoms with E-state index in [9.17, 15) is 34.7 Å². The van der Waals surface area contributed by atoms with E-state index in [1.165, 1.54) is 0 Å². The van der Waals surface area contributed by atoms with Gasteiger partial charge in [-0.05, 0) is 12.1 Å². The summed E-state index contributed by atoms with van der Waals surface area (Å²) in [6.45, 7) is 0. The third kappa shape index (κ3) is 2.29. The molecule has 0 saturated carbocycles. The van der Waals surface area contributed by atoms with Crippen LogP contribution in [0.2, 0.25) is 0 Å². The first-order valence-corrected chi connectivity index (χ1v) is 6.46. The van der Waals surface area contributed by atoms with E-state index in [2.05, 4.69) is 0 Å². The predicted octanol–water partition coefficient (Wildman–Crippen LogP) is 1.33. The van der Waals surface area contributed by atoms with Gasteiger partial charge in [0.15, 0.2) is 29.5 Å². The summed E-state index contributed by atoms with van der Waals surface area (Å²) < 4.78 is 18.7. The van der Waals surface area contributed by atoms with Gasteiger partial charge in [-0.25, -0.2) is 4.39 Å². The molecule has 0 spiro atoms. The van der Waals surface area contributed by atoms with Crippen molar-refractivity contribution < 1.29 is 39.5 Å². The molecule has 1 aliphatic heterocycles. The summed E-state index contributed by atoms with van der Waals surface area (Å²) in [4.78, 5) is 12.2. The van der Waals surface area contributed by atoms with E-state index in [1.807, 2.05) is 0 Å². The summed E-state index contributed by atoms with van der Waals surface area (Å²) in [5, 5.41) is 48.1. The highest BCUT2D eigenvalue weighted by atomic mass is 19.1. The number of aliphatic hydroxyl groups excluding tert-OH is 1. The van der Waals surface area contributed by atoms with Crippen LogP contribution in [-0.4, -0.2) is 37.4 Å². The lowest BCUT2D eigenvalue weighted by atomic mass is 9.92. The van der Waals surface area contributed by atoms with Crippen molar-refractivity contribution in [3.05, 3.63) is 41.2 Å². The Kier molecular flexibility index (Phi) is 3.26. The molecule has 23 heavy (non-hydrogen) atoms. The molecule has 120 valence electrons. The number of aromatic hydroxyl groups is 4. The van der Waals surface area contributed by atoms with Gasteiger partial charge in [-0.15, -0.1) is 0 Å². The van der Waals surface area contributed by atoms with E-state index in [4.69, 9.17) is 4.74 Å². The van der Waals surface area contributed by atoms with Crippen molar-refractivity contribution in [1.82, 2.24) is 0 Å². The second kappa shape index (κ2) is 5.03. The molecule has 8 heteroatoms. The lowest BCUT2D eigenvalue weighted by molar-refractivity contribution is 0.0208. The summed E-state index contributed by atoms with van der Waals surface area (Å²) >= 11 is 0. The Balaban J connectivity index is 2.11. The number of Topliss-reactive ketones (excluding diaryl/α,β-unsaturated/α-hetero) is 1. The fourth-order valence-corrected chi connectivity index (χ4v) is 2.44. The van der Waals surface area contributed by atoms with Crippen LogP contribution >= 0.6 is 0 Å². The van der Waals surface area contributed by atoms with Crippen LogP contribution in [0.3, 0.4) is 0 Å². The molecular weight excluding hydrogens is 311 g/mol. The van der Waals surface area contributed by atoms with Crippen molar-refractivity contribution in [3.8, 4) is 28.7 Å².